The number of rotatable bonds is 7. The minimum atomic E-state index is 0.412. The fourth-order valence-electron chi connectivity index (χ4n) is 1.62. The van der Waals surface area contributed by atoms with E-state index < -0.39 is 0 Å². The number of nitrogens with one attached hydrogen (secondary N) is 1. The van der Waals surface area contributed by atoms with Gasteiger partial charge in [0.05, 0.1) is 13.7 Å². The van der Waals surface area contributed by atoms with E-state index in [0.29, 0.717) is 31.4 Å². The molecule has 0 saturated heterocycles. The smallest absolute Gasteiger partial charge is 0.321 e. The maximum atomic E-state index is 5.17. The lowest BCUT2D eigenvalue weighted by atomic mass is 10.1. The van der Waals surface area contributed by atoms with Crippen molar-refractivity contribution in [3.8, 4) is 5.75 Å². The third kappa shape index (κ3) is 3.96. The van der Waals surface area contributed by atoms with Crippen LogP contribution < -0.4 is 10.1 Å². The number of benzene rings is 1. The monoisotopic (exact) mass is 263 g/mol. The van der Waals surface area contributed by atoms with E-state index in [0.717, 1.165) is 11.3 Å². The van der Waals surface area contributed by atoms with Gasteiger partial charge in [-0.3, -0.25) is 0 Å². The molecule has 1 heterocycles. The van der Waals surface area contributed by atoms with Gasteiger partial charge in [-0.2, -0.15) is 4.98 Å². The summed E-state index contributed by atoms with van der Waals surface area (Å²) in [6, 6.07) is 8.20. The zero-order valence-electron chi connectivity index (χ0n) is 11.0. The average molecular weight is 263 g/mol. The molecular formula is C13H17N3O3. The Morgan fingerprint density at radius 2 is 2.21 bits per heavy atom. The molecule has 0 saturated carbocycles. The first-order valence-electron chi connectivity index (χ1n) is 6.00. The molecule has 102 valence electrons. The van der Waals surface area contributed by atoms with Crippen molar-refractivity contribution >= 4 is 6.01 Å². The fraction of sp³-hybridized carbons (Fsp3) is 0.385. The minimum Gasteiger partial charge on any atom is -0.497 e. The Balaban J connectivity index is 1.95. The summed E-state index contributed by atoms with van der Waals surface area (Å²) < 4.78 is 15.2. The van der Waals surface area contributed by atoms with Crippen LogP contribution >= 0.6 is 0 Å². The van der Waals surface area contributed by atoms with Crippen molar-refractivity contribution in [2.75, 3.05) is 32.7 Å². The van der Waals surface area contributed by atoms with Crippen molar-refractivity contribution in [2.24, 2.45) is 0 Å². The van der Waals surface area contributed by atoms with Crippen LogP contribution in [0.1, 0.15) is 11.4 Å². The Bertz CT molecular complexity index is 513. The molecule has 1 aromatic heterocycles. The molecule has 1 N–H and O–H groups in total. The largest absolute Gasteiger partial charge is 0.497 e. The SMILES string of the molecule is COCCNc1nc(Cc2cccc(OC)c2)no1. The molecule has 0 unspecified atom stereocenters. The fourth-order valence-corrected chi connectivity index (χ4v) is 1.62. The highest BCUT2D eigenvalue weighted by Crippen LogP contribution is 2.15. The van der Waals surface area contributed by atoms with Crippen molar-refractivity contribution in [3.63, 3.8) is 0 Å². The standard InChI is InChI=1S/C13H17N3O3/c1-17-7-6-14-13-15-12(16-19-13)9-10-4-3-5-11(8-10)18-2/h3-5,8H,6-7,9H2,1-2H3,(H,14,15,16). The van der Waals surface area contributed by atoms with Crippen LogP contribution in [0.2, 0.25) is 0 Å². The highest BCUT2D eigenvalue weighted by atomic mass is 16.5. The lowest BCUT2D eigenvalue weighted by Gasteiger charge is -2.01. The van der Waals surface area contributed by atoms with Gasteiger partial charge in [-0.25, -0.2) is 0 Å². The van der Waals surface area contributed by atoms with E-state index in [2.05, 4.69) is 15.5 Å². The van der Waals surface area contributed by atoms with Crippen LogP contribution in [-0.2, 0) is 11.2 Å². The molecule has 6 heteroatoms. The van der Waals surface area contributed by atoms with Crippen LogP contribution in [-0.4, -0.2) is 37.5 Å². The molecule has 0 amide bonds. The van der Waals surface area contributed by atoms with Gasteiger partial charge in [0.15, 0.2) is 5.82 Å². The maximum Gasteiger partial charge on any atom is 0.321 e. The first-order valence-corrected chi connectivity index (χ1v) is 6.00. The number of nitrogens with zero attached hydrogens (tertiary/aromatic N) is 2. The highest BCUT2D eigenvalue weighted by Gasteiger charge is 2.07. The molecular weight excluding hydrogens is 246 g/mol. The van der Waals surface area contributed by atoms with E-state index in [1.165, 1.54) is 0 Å². The van der Waals surface area contributed by atoms with Crippen LogP contribution in [0.3, 0.4) is 0 Å². The van der Waals surface area contributed by atoms with Gasteiger partial charge in [0, 0.05) is 20.1 Å². The Morgan fingerprint density at radius 1 is 1.32 bits per heavy atom. The summed E-state index contributed by atoms with van der Waals surface area (Å²) in [5.41, 5.74) is 1.07. The van der Waals surface area contributed by atoms with Gasteiger partial charge < -0.3 is 19.3 Å². The molecule has 0 spiro atoms. The lowest BCUT2D eigenvalue weighted by molar-refractivity contribution is 0.210. The molecule has 0 aliphatic rings. The van der Waals surface area contributed by atoms with E-state index in [4.69, 9.17) is 14.0 Å². The summed E-state index contributed by atoms with van der Waals surface area (Å²) in [5.74, 6) is 1.45. The maximum absolute atomic E-state index is 5.17. The topological polar surface area (TPSA) is 69.4 Å². The molecule has 0 atom stereocenters. The molecule has 2 aromatic rings. The summed E-state index contributed by atoms with van der Waals surface area (Å²) in [7, 11) is 3.29. The van der Waals surface area contributed by atoms with E-state index in [-0.39, 0.29) is 0 Å². The van der Waals surface area contributed by atoms with Crippen LogP contribution in [0, 0.1) is 0 Å². The Kier molecular flexibility index (Phi) is 4.74. The summed E-state index contributed by atoms with van der Waals surface area (Å²) >= 11 is 0. The summed E-state index contributed by atoms with van der Waals surface area (Å²) in [5, 5.41) is 6.90. The molecule has 0 fully saturated rings. The zero-order valence-corrected chi connectivity index (χ0v) is 11.0. The third-order valence-corrected chi connectivity index (χ3v) is 2.55. The summed E-state index contributed by atoms with van der Waals surface area (Å²) in [6.07, 6.45) is 0.604. The first kappa shape index (κ1) is 13.4. The van der Waals surface area contributed by atoms with Crippen molar-refractivity contribution in [1.82, 2.24) is 10.1 Å². The van der Waals surface area contributed by atoms with Crippen molar-refractivity contribution < 1.29 is 14.0 Å². The van der Waals surface area contributed by atoms with Crippen molar-refractivity contribution in [1.29, 1.82) is 0 Å². The first-order chi connectivity index (χ1) is 9.31. The summed E-state index contributed by atoms with van der Waals surface area (Å²) in [4.78, 5) is 4.25. The molecule has 0 bridgehead atoms. The minimum absolute atomic E-state index is 0.412. The number of ether oxygens (including phenoxy) is 2. The molecule has 6 nitrogen and oxygen atoms in total. The molecule has 0 aliphatic carbocycles. The quantitative estimate of drug-likeness (QED) is 0.767. The van der Waals surface area contributed by atoms with E-state index in [9.17, 15) is 0 Å². The number of aromatic nitrogens is 2. The van der Waals surface area contributed by atoms with E-state index in [1.807, 2.05) is 24.3 Å². The normalized spacial score (nSPS) is 10.4. The summed E-state index contributed by atoms with van der Waals surface area (Å²) in [6.45, 7) is 1.23. The lowest BCUT2D eigenvalue weighted by Crippen LogP contribution is -2.07. The molecule has 2 rings (SSSR count). The van der Waals surface area contributed by atoms with E-state index >= 15 is 0 Å². The Morgan fingerprint density at radius 3 is 3.00 bits per heavy atom. The van der Waals surface area contributed by atoms with E-state index in [1.54, 1.807) is 14.2 Å². The number of methoxy groups -OCH3 is 2. The molecule has 19 heavy (non-hydrogen) atoms. The number of anilines is 1. The van der Waals surface area contributed by atoms with Gasteiger partial charge in [-0.15, -0.1) is 0 Å². The van der Waals surface area contributed by atoms with Gasteiger partial charge >= 0.3 is 6.01 Å². The molecule has 0 aliphatic heterocycles. The zero-order chi connectivity index (χ0) is 13.5. The second kappa shape index (κ2) is 6.75. The van der Waals surface area contributed by atoms with Gasteiger partial charge in [0.2, 0.25) is 0 Å². The highest BCUT2D eigenvalue weighted by molar-refractivity contribution is 5.30. The van der Waals surface area contributed by atoms with Crippen LogP contribution in [0.5, 0.6) is 5.75 Å². The van der Waals surface area contributed by atoms with Gasteiger partial charge in [-0.1, -0.05) is 17.3 Å². The second-order valence-electron chi connectivity index (χ2n) is 3.96. The average Bonchev–Trinajstić information content (AvgIpc) is 2.87. The second-order valence-corrected chi connectivity index (χ2v) is 3.96. The predicted molar refractivity (Wildman–Crippen MR) is 70.5 cm³/mol. The van der Waals surface area contributed by atoms with Crippen LogP contribution in [0.15, 0.2) is 28.8 Å². The van der Waals surface area contributed by atoms with Crippen LogP contribution in [0.4, 0.5) is 6.01 Å². The molecule has 0 radical (unpaired) electrons. The third-order valence-electron chi connectivity index (χ3n) is 2.55. The Labute approximate surface area is 111 Å². The number of hydrogen-bond donors (Lipinski definition) is 1. The van der Waals surface area contributed by atoms with Crippen LogP contribution in [0.25, 0.3) is 0 Å². The Hall–Kier alpha value is -2.08. The predicted octanol–water partition coefficient (Wildman–Crippen LogP) is 1.73. The van der Waals surface area contributed by atoms with Crippen molar-refractivity contribution in [2.45, 2.75) is 6.42 Å². The number of hydrogen-bond acceptors (Lipinski definition) is 6. The van der Waals surface area contributed by atoms with Gasteiger partial charge in [-0.05, 0) is 17.7 Å². The van der Waals surface area contributed by atoms with Crippen molar-refractivity contribution in [3.05, 3.63) is 35.7 Å². The van der Waals surface area contributed by atoms with Gasteiger partial charge in [0.1, 0.15) is 5.75 Å². The molecule has 1 aromatic carbocycles. The van der Waals surface area contributed by atoms with Gasteiger partial charge in [0.25, 0.3) is 0 Å².